The number of rotatable bonds is 7. The summed E-state index contributed by atoms with van der Waals surface area (Å²) in [7, 11) is 0. The van der Waals surface area contributed by atoms with Crippen molar-refractivity contribution in [2.24, 2.45) is 5.92 Å². The van der Waals surface area contributed by atoms with Crippen molar-refractivity contribution in [3.8, 4) is 10.4 Å². The summed E-state index contributed by atoms with van der Waals surface area (Å²) >= 11 is 0.507. The summed E-state index contributed by atoms with van der Waals surface area (Å²) in [4.78, 5) is 34.1. The SMILES string of the molecule is O=C([O-])c1nc(C(=O)N2C3CCC2CC3)c(-c2cnc(N[C@@H](C3CC3)C(F)(F)F)cc2C(F)F)s1.[K+]. The molecular formula is C22H20F5KN4O3S. The van der Waals surface area contributed by atoms with Gasteiger partial charge in [0.25, 0.3) is 12.3 Å². The molecule has 2 aliphatic heterocycles. The Kier molecular flexibility index (Phi) is 8.13. The number of fused-ring (bicyclic) bond motifs is 2. The molecule has 3 aliphatic rings. The third kappa shape index (κ3) is 5.34. The Bertz CT molecular complexity index is 1150. The maximum Gasteiger partial charge on any atom is 1.00 e. The number of thiazole rings is 1. The molecule has 2 aromatic heterocycles. The molecule has 0 aromatic carbocycles. The monoisotopic (exact) mass is 554 g/mol. The van der Waals surface area contributed by atoms with Crippen molar-refractivity contribution in [2.75, 3.05) is 5.32 Å². The normalized spacial score (nSPS) is 22.0. The first-order valence-corrected chi connectivity index (χ1v) is 12.0. The number of nitrogens with zero attached hydrogens (tertiary/aromatic N) is 3. The molecule has 2 aromatic rings. The molecule has 0 spiro atoms. The van der Waals surface area contributed by atoms with Crippen molar-refractivity contribution in [3.63, 3.8) is 0 Å². The minimum Gasteiger partial charge on any atom is -0.542 e. The fourth-order valence-electron chi connectivity index (χ4n) is 5.08. The first-order chi connectivity index (χ1) is 16.5. The maximum absolute atomic E-state index is 14.1. The van der Waals surface area contributed by atoms with Crippen LogP contribution in [0.25, 0.3) is 10.4 Å². The summed E-state index contributed by atoms with van der Waals surface area (Å²) in [6.07, 6.45) is -2.83. The molecule has 1 amide bonds. The van der Waals surface area contributed by atoms with E-state index in [1.54, 1.807) is 4.90 Å². The predicted octanol–water partition coefficient (Wildman–Crippen LogP) is 1.03. The van der Waals surface area contributed by atoms with E-state index in [9.17, 15) is 36.6 Å². The summed E-state index contributed by atoms with van der Waals surface area (Å²) in [6, 6.07) is -1.14. The summed E-state index contributed by atoms with van der Waals surface area (Å²) in [5.74, 6) is -3.25. The van der Waals surface area contributed by atoms with Crippen molar-refractivity contribution in [1.29, 1.82) is 0 Å². The molecular weight excluding hydrogens is 534 g/mol. The van der Waals surface area contributed by atoms with Gasteiger partial charge >= 0.3 is 57.6 Å². The van der Waals surface area contributed by atoms with Crippen LogP contribution in [0.3, 0.4) is 0 Å². The van der Waals surface area contributed by atoms with Crippen molar-refractivity contribution >= 4 is 29.0 Å². The number of nitrogens with one attached hydrogen (secondary N) is 1. The average Bonchev–Trinajstić information content (AvgIpc) is 3.23. The Morgan fingerprint density at radius 2 is 1.72 bits per heavy atom. The van der Waals surface area contributed by atoms with Crippen LogP contribution in [-0.4, -0.2) is 51.0 Å². The number of hydrogen-bond donors (Lipinski definition) is 1. The molecule has 1 atom stereocenters. The molecule has 14 heteroatoms. The van der Waals surface area contributed by atoms with Crippen LogP contribution in [0.2, 0.25) is 0 Å². The number of carboxylic acids is 1. The smallest absolute Gasteiger partial charge is 0.542 e. The summed E-state index contributed by atoms with van der Waals surface area (Å²) in [5.41, 5.74) is -1.21. The largest absolute Gasteiger partial charge is 1.00 e. The average molecular weight is 555 g/mol. The number of aromatic carboxylic acids is 1. The topological polar surface area (TPSA) is 98.2 Å². The van der Waals surface area contributed by atoms with E-state index in [0.29, 0.717) is 24.2 Å². The minimum atomic E-state index is -4.58. The zero-order valence-electron chi connectivity index (χ0n) is 19.1. The quantitative estimate of drug-likeness (QED) is 0.406. The molecule has 1 N–H and O–H groups in total. The zero-order valence-corrected chi connectivity index (χ0v) is 23.1. The van der Waals surface area contributed by atoms with E-state index in [-0.39, 0.29) is 85.4 Å². The molecule has 3 fully saturated rings. The van der Waals surface area contributed by atoms with E-state index < -0.39 is 47.0 Å². The van der Waals surface area contributed by atoms with Crippen molar-refractivity contribution in [2.45, 2.75) is 69.3 Å². The van der Waals surface area contributed by atoms with Crippen LogP contribution in [-0.2, 0) is 0 Å². The van der Waals surface area contributed by atoms with E-state index in [1.807, 2.05) is 0 Å². The van der Waals surface area contributed by atoms with Crippen LogP contribution in [0.15, 0.2) is 12.3 Å². The Balaban J connectivity index is 0.00000304. The molecule has 0 radical (unpaired) electrons. The molecule has 1 aliphatic carbocycles. The number of pyridine rings is 1. The Hall–Kier alpha value is -1.19. The van der Waals surface area contributed by atoms with Crippen LogP contribution in [0.4, 0.5) is 27.8 Å². The second kappa shape index (κ2) is 10.5. The molecule has 7 nitrogen and oxygen atoms in total. The van der Waals surface area contributed by atoms with Gasteiger partial charge < -0.3 is 20.1 Å². The van der Waals surface area contributed by atoms with Gasteiger partial charge in [-0.2, -0.15) is 13.2 Å². The van der Waals surface area contributed by atoms with Gasteiger partial charge in [0, 0.05) is 29.4 Å². The van der Waals surface area contributed by atoms with Gasteiger partial charge in [-0.15, -0.1) is 11.3 Å². The number of anilines is 1. The maximum atomic E-state index is 14.1. The second-order valence-corrected chi connectivity index (χ2v) is 10.1. The zero-order chi connectivity index (χ0) is 25.1. The number of hydrogen-bond acceptors (Lipinski definition) is 7. The molecule has 2 bridgehead atoms. The predicted molar refractivity (Wildman–Crippen MR) is 113 cm³/mol. The van der Waals surface area contributed by atoms with Crippen molar-refractivity contribution < 1.29 is 88.0 Å². The first kappa shape index (κ1) is 27.8. The van der Waals surface area contributed by atoms with Gasteiger partial charge in [0.05, 0.1) is 4.88 Å². The summed E-state index contributed by atoms with van der Waals surface area (Å²) in [5, 5.41) is 13.1. The van der Waals surface area contributed by atoms with E-state index in [1.165, 1.54) is 0 Å². The second-order valence-electron chi connectivity index (χ2n) is 9.12. The van der Waals surface area contributed by atoms with Crippen LogP contribution < -0.4 is 61.8 Å². The van der Waals surface area contributed by atoms with Gasteiger partial charge in [-0.1, -0.05) is 0 Å². The standard InChI is InChI=1S/C22H21F5N4O3S.K/c23-18(24)12-7-14(29-17(9-1-2-9)22(25,26)27)28-8-13(12)16-15(30-19(35-16)21(33)34)20(32)31-10-3-4-11(31)6-5-10;/h7-11,17-18H,1-6H2,(H,28,29)(H,33,34);/q;+1/p-1/t10?,11?,17-;/m0./s1. The van der Waals surface area contributed by atoms with Crippen LogP contribution in [0.1, 0.15) is 70.8 Å². The third-order valence-corrected chi connectivity index (χ3v) is 7.93. The van der Waals surface area contributed by atoms with Crippen LogP contribution in [0, 0.1) is 5.92 Å². The van der Waals surface area contributed by atoms with Gasteiger partial charge in [0.2, 0.25) is 0 Å². The van der Waals surface area contributed by atoms with Gasteiger partial charge in [0.1, 0.15) is 28.5 Å². The first-order valence-electron chi connectivity index (χ1n) is 11.2. The van der Waals surface area contributed by atoms with Crippen LogP contribution in [0.5, 0.6) is 0 Å². The third-order valence-electron chi connectivity index (χ3n) is 6.86. The number of carbonyl (C=O) groups excluding carboxylic acids is 2. The molecule has 5 rings (SSSR count). The Morgan fingerprint density at radius 1 is 1.11 bits per heavy atom. The Morgan fingerprint density at radius 3 is 2.22 bits per heavy atom. The fraction of sp³-hybridized carbons (Fsp3) is 0.545. The van der Waals surface area contributed by atoms with E-state index >= 15 is 0 Å². The van der Waals surface area contributed by atoms with E-state index in [4.69, 9.17) is 0 Å². The van der Waals surface area contributed by atoms with Crippen molar-refractivity contribution in [1.82, 2.24) is 14.9 Å². The molecule has 2 saturated heterocycles. The van der Waals surface area contributed by atoms with Gasteiger partial charge in [-0.05, 0) is 50.5 Å². The minimum absolute atomic E-state index is 0. The number of halogens is 5. The molecule has 36 heavy (non-hydrogen) atoms. The van der Waals surface area contributed by atoms with Crippen LogP contribution >= 0.6 is 11.3 Å². The molecule has 1 saturated carbocycles. The number of alkyl halides is 5. The summed E-state index contributed by atoms with van der Waals surface area (Å²) in [6.45, 7) is 0. The number of amides is 1. The van der Waals surface area contributed by atoms with E-state index in [0.717, 1.165) is 37.9 Å². The van der Waals surface area contributed by atoms with Crippen molar-refractivity contribution in [3.05, 3.63) is 28.5 Å². The number of carbonyl (C=O) groups is 2. The van der Waals surface area contributed by atoms with Gasteiger partial charge in [-0.3, -0.25) is 4.79 Å². The fourth-order valence-corrected chi connectivity index (χ4v) is 6.00. The molecule has 0 unspecified atom stereocenters. The van der Waals surface area contributed by atoms with Gasteiger partial charge in [0.15, 0.2) is 0 Å². The number of aromatic nitrogens is 2. The molecule has 4 heterocycles. The molecule has 188 valence electrons. The van der Waals surface area contributed by atoms with E-state index in [2.05, 4.69) is 15.3 Å². The number of carboxylic acid groups (broad SMARTS) is 1. The van der Waals surface area contributed by atoms with Gasteiger partial charge in [-0.25, -0.2) is 18.7 Å². The Labute approximate surface area is 249 Å². The summed E-state index contributed by atoms with van der Waals surface area (Å²) < 4.78 is 68.3.